The molecule has 2 aromatic carbocycles. The van der Waals surface area contributed by atoms with E-state index in [1.54, 1.807) is 32.3 Å². The number of rotatable bonds is 4. The number of phenolic OH excluding ortho intramolecular Hbond substituents is 1. The number of hydrogen-bond acceptors (Lipinski definition) is 3. The first kappa shape index (κ1) is 18.0. The monoisotopic (exact) mass is 320 g/mol. The summed E-state index contributed by atoms with van der Waals surface area (Å²) in [7, 11) is 3.43. The molecule has 0 saturated heterocycles. The van der Waals surface area contributed by atoms with E-state index in [9.17, 15) is 9.90 Å². The van der Waals surface area contributed by atoms with Gasteiger partial charge in [-0.15, -0.1) is 12.4 Å². The molecule has 0 fully saturated rings. The third-order valence-electron chi connectivity index (χ3n) is 3.32. The van der Waals surface area contributed by atoms with Crippen LogP contribution >= 0.6 is 12.4 Å². The van der Waals surface area contributed by atoms with Gasteiger partial charge in [-0.05, 0) is 48.4 Å². The van der Waals surface area contributed by atoms with Gasteiger partial charge in [0.15, 0.2) is 0 Å². The Morgan fingerprint density at radius 1 is 1.18 bits per heavy atom. The van der Waals surface area contributed by atoms with E-state index < -0.39 is 0 Å². The minimum absolute atomic E-state index is 0. The summed E-state index contributed by atoms with van der Waals surface area (Å²) in [5.74, 6) is 0.139. The van der Waals surface area contributed by atoms with Crippen LogP contribution < -0.4 is 5.73 Å². The summed E-state index contributed by atoms with van der Waals surface area (Å²) >= 11 is 0. The van der Waals surface area contributed by atoms with Crippen LogP contribution in [0.15, 0.2) is 42.5 Å². The molecule has 2 rings (SSSR count). The molecule has 0 bridgehead atoms. The number of halogens is 1. The molecule has 0 aromatic heterocycles. The fourth-order valence-electron chi connectivity index (χ4n) is 2.21. The van der Waals surface area contributed by atoms with E-state index in [-0.39, 0.29) is 24.1 Å². The van der Waals surface area contributed by atoms with Crippen LogP contribution in [0, 0.1) is 0 Å². The van der Waals surface area contributed by atoms with Crippen molar-refractivity contribution in [3.8, 4) is 16.9 Å². The first-order chi connectivity index (χ1) is 10.0. The Balaban J connectivity index is 0.00000242. The average molecular weight is 321 g/mol. The molecule has 118 valence electrons. The number of carbonyl (C=O) groups is 1. The summed E-state index contributed by atoms with van der Waals surface area (Å²) in [4.78, 5) is 13.6. The lowest BCUT2D eigenvalue weighted by molar-refractivity contribution is 0.0827. The number of nitrogens with two attached hydrogens (primary N) is 1. The van der Waals surface area contributed by atoms with Gasteiger partial charge in [0, 0.05) is 25.2 Å². The highest BCUT2D eigenvalue weighted by atomic mass is 35.5. The van der Waals surface area contributed by atoms with Gasteiger partial charge in [-0.2, -0.15) is 0 Å². The van der Waals surface area contributed by atoms with Gasteiger partial charge in [0.25, 0.3) is 5.91 Å². The Morgan fingerprint density at radius 2 is 1.91 bits per heavy atom. The number of carbonyl (C=O) groups excluding carboxylic acids is 1. The van der Waals surface area contributed by atoms with Crippen molar-refractivity contribution in [2.75, 3.05) is 20.6 Å². The maximum Gasteiger partial charge on any atom is 0.253 e. The van der Waals surface area contributed by atoms with Crippen LogP contribution in [0.25, 0.3) is 11.1 Å². The molecule has 0 radical (unpaired) electrons. The number of amides is 1. The summed E-state index contributed by atoms with van der Waals surface area (Å²) in [6, 6.07) is 12.7. The first-order valence-corrected chi connectivity index (χ1v) is 6.87. The fraction of sp³-hybridized carbons (Fsp3) is 0.235. The first-order valence-electron chi connectivity index (χ1n) is 6.87. The Morgan fingerprint density at radius 3 is 2.55 bits per heavy atom. The summed E-state index contributed by atoms with van der Waals surface area (Å²) in [5.41, 5.74) is 8.77. The van der Waals surface area contributed by atoms with Gasteiger partial charge >= 0.3 is 0 Å². The lowest BCUT2D eigenvalue weighted by atomic mass is 9.98. The second-order valence-corrected chi connectivity index (χ2v) is 5.17. The molecule has 0 unspecified atom stereocenters. The van der Waals surface area contributed by atoms with Gasteiger partial charge in [0.05, 0.1) is 0 Å². The van der Waals surface area contributed by atoms with Crippen molar-refractivity contribution in [3.63, 3.8) is 0 Å². The molecule has 22 heavy (non-hydrogen) atoms. The van der Waals surface area contributed by atoms with Crippen molar-refractivity contribution in [1.29, 1.82) is 0 Å². The van der Waals surface area contributed by atoms with Crippen LogP contribution in [0.4, 0.5) is 0 Å². The van der Waals surface area contributed by atoms with E-state index >= 15 is 0 Å². The maximum absolute atomic E-state index is 12.0. The van der Waals surface area contributed by atoms with E-state index in [0.717, 1.165) is 17.5 Å². The van der Waals surface area contributed by atoms with Crippen LogP contribution in [0.2, 0.25) is 0 Å². The van der Waals surface area contributed by atoms with Crippen molar-refractivity contribution >= 4 is 18.3 Å². The van der Waals surface area contributed by atoms with Gasteiger partial charge in [0.1, 0.15) is 5.75 Å². The quantitative estimate of drug-likeness (QED) is 0.910. The molecule has 4 nitrogen and oxygen atoms in total. The summed E-state index contributed by atoms with van der Waals surface area (Å²) in [6.07, 6.45) is 0.754. The SMILES string of the molecule is CN(C)C(=O)c1cccc(-c2cc(CCN)ccc2O)c1.Cl. The molecule has 0 aliphatic heterocycles. The largest absolute Gasteiger partial charge is 0.507 e. The molecule has 3 N–H and O–H groups in total. The summed E-state index contributed by atoms with van der Waals surface area (Å²) < 4.78 is 0. The lowest BCUT2D eigenvalue weighted by Crippen LogP contribution is -2.21. The van der Waals surface area contributed by atoms with E-state index in [0.29, 0.717) is 17.7 Å². The molecule has 5 heteroatoms. The zero-order chi connectivity index (χ0) is 15.4. The Hall–Kier alpha value is -2.04. The van der Waals surface area contributed by atoms with Gasteiger partial charge in [-0.3, -0.25) is 4.79 Å². The van der Waals surface area contributed by atoms with Gasteiger partial charge in [0.2, 0.25) is 0 Å². The van der Waals surface area contributed by atoms with Crippen LogP contribution in [-0.2, 0) is 6.42 Å². The predicted molar refractivity (Wildman–Crippen MR) is 91.6 cm³/mol. The van der Waals surface area contributed by atoms with Crippen molar-refractivity contribution in [3.05, 3.63) is 53.6 Å². The van der Waals surface area contributed by atoms with Gasteiger partial charge in [-0.25, -0.2) is 0 Å². The van der Waals surface area contributed by atoms with E-state index in [1.165, 1.54) is 4.90 Å². The molecule has 2 aromatic rings. The van der Waals surface area contributed by atoms with E-state index in [2.05, 4.69) is 0 Å². The van der Waals surface area contributed by atoms with Crippen LogP contribution in [0.1, 0.15) is 15.9 Å². The van der Waals surface area contributed by atoms with Crippen molar-refractivity contribution in [2.24, 2.45) is 5.73 Å². The average Bonchev–Trinajstić information content (AvgIpc) is 2.48. The summed E-state index contributed by atoms with van der Waals surface area (Å²) in [6.45, 7) is 0.559. The second-order valence-electron chi connectivity index (χ2n) is 5.17. The topological polar surface area (TPSA) is 66.6 Å². The number of benzene rings is 2. The zero-order valence-corrected chi connectivity index (χ0v) is 13.6. The van der Waals surface area contributed by atoms with E-state index in [4.69, 9.17) is 5.73 Å². The molecular weight excluding hydrogens is 300 g/mol. The maximum atomic E-state index is 12.0. The smallest absolute Gasteiger partial charge is 0.253 e. The number of aromatic hydroxyl groups is 1. The number of phenols is 1. The normalized spacial score (nSPS) is 9.95. The van der Waals surface area contributed by atoms with Crippen LogP contribution in [0.5, 0.6) is 5.75 Å². The highest BCUT2D eigenvalue weighted by Crippen LogP contribution is 2.30. The number of hydrogen-bond donors (Lipinski definition) is 2. The molecule has 1 amide bonds. The highest BCUT2D eigenvalue weighted by molar-refractivity contribution is 5.95. The second kappa shape index (κ2) is 7.82. The lowest BCUT2D eigenvalue weighted by Gasteiger charge is -2.12. The highest BCUT2D eigenvalue weighted by Gasteiger charge is 2.11. The number of nitrogens with zero attached hydrogens (tertiary/aromatic N) is 1. The fourth-order valence-corrected chi connectivity index (χ4v) is 2.21. The third kappa shape index (κ3) is 4.00. The molecule has 0 atom stereocenters. The predicted octanol–water partition coefficient (Wildman–Crippen LogP) is 2.68. The Kier molecular flexibility index (Phi) is 6.40. The summed E-state index contributed by atoms with van der Waals surface area (Å²) in [5, 5.41) is 10.1. The molecular formula is C17H21ClN2O2. The standard InChI is InChI=1S/C17H20N2O2.ClH/c1-19(2)17(21)14-5-3-4-13(11-14)15-10-12(8-9-18)6-7-16(15)20;/h3-7,10-11,20H,8-9,18H2,1-2H3;1H. The minimum Gasteiger partial charge on any atom is -0.507 e. The van der Waals surface area contributed by atoms with Crippen LogP contribution in [0.3, 0.4) is 0 Å². The molecule has 0 heterocycles. The minimum atomic E-state index is -0.0607. The third-order valence-corrected chi connectivity index (χ3v) is 3.32. The zero-order valence-electron chi connectivity index (χ0n) is 12.7. The van der Waals surface area contributed by atoms with Crippen molar-refractivity contribution in [1.82, 2.24) is 4.90 Å². The van der Waals surface area contributed by atoms with Gasteiger partial charge in [-0.1, -0.05) is 18.2 Å². The Labute approximate surface area is 137 Å². The molecule has 0 spiro atoms. The molecule has 0 aliphatic rings. The van der Waals surface area contributed by atoms with Crippen molar-refractivity contribution in [2.45, 2.75) is 6.42 Å². The molecule has 0 saturated carbocycles. The van der Waals surface area contributed by atoms with Crippen LogP contribution in [-0.4, -0.2) is 36.6 Å². The van der Waals surface area contributed by atoms with Gasteiger partial charge < -0.3 is 15.7 Å². The van der Waals surface area contributed by atoms with Crippen molar-refractivity contribution < 1.29 is 9.90 Å². The van der Waals surface area contributed by atoms with E-state index in [1.807, 2.05) is 24.3 Å². The molecule has 0 aliphatic carbocycles. The Bertz CT molecular complexity index is 657.